The Balaban J connectivity index is 1.52. The van der Waals surface area contributed by atoms with Crippen molar-refractivity contribution in [2.45, 2.75) is 26.3 Å². The van der Waals surface area contributed by atoms with Crippen LogP contribution in [0.25, 0.3) is 0 Å². The number of anilines is 1. The van der Waals surface area contributed by atoms with Gasteiger partial charge in [0.15, 0.2) is 5.96 Å². The first-order valence-corrected chi connectivity index (χ1v) is 10.2. The standard InChI is InChI=1S/C21H32N4O3/c1-3-28-20(26)18-5-4-10-25(16-18)21(22-2)23-15-17-6-8-19(9-7-17)24-11-13-27-14-12-24/h6-9,18H,3-5,10-16H2,1-2H3,(H,22,23). The topological polar surface area (TPSA) is 66.4 Å². The number of morpholine rings is 1. The normalized spacial score (nSPS) is 20.8. The Bertz CT molecular complexity index is 656. The molecule has 2 heterocycles. The summed E-state index contributed by atoms with van der Waals surface area (Å²) in [7, 11) is 1.79. The molecule has 3 rings (SSSR count). The third-order valence-electron chi connectivity index (χ3n) is 5.32. The van der Waals surface area contributed by atoms with Crippen LogP contribution in [0, 0.1) is 5.92 Å². The van der Waals surface area contributed by atoms with Crippen LogP contribution in [-0.2, 0) is 20.8 Å². The average molecular weight is 389 g/mol. The molecular weight excluding hydrogens is 356 g/mol. The van der Waals surface area contributed by atoms with Gasteiger partial charge in [-0.3, -0.25) is 9.79 Å². The van der Waals surface area contributed by atoms with Crippen molar-refractivity contribution >= 4 is 17.6 Å². The number of carbonyl (C=O) groups excluding carboxylic acids is 1. The van der Waals surface area contributed by atoms with E-state index in [4.69, 9.17) is 9.47 Å². The fraction of sp³-hybridized carbons (Fsp3) is 0.619. The summed E-state index contributed by atoms with van der Waals surface area (Å²) in [5.41, 5.74) is 2.45. The Morgan fingerprint density at radius 1 is 1.25 bits per heavy atom. The van der Waals surface area contributed by atoms with E-state index in [1.54, 1.807) is 7.05 Å². The number of hydrogen-bond acceptors (Lipinski definition) is 5. The number of nitrogens with zero attached hydrogens (tertiary/aromatic N) is 3. The molecule has 1 atom stereocenters. The highest BCUT2D eigenvalue weighted by Gasteiger charge is 2.28. The predicted molar refractivity (Wildman–Crippen MR) is 111 cm³/mol. The second kappa shape index (κ2) is 10.3. The molecule has 2 saturated heterocycles. The lowest BCUT2D eigenvalue weighted by Gasteiger charge is -2.34. The van der Waals surface area contributed by atoms with Crippen molar-refractivity contribution in [2.75, 3.05) is 57.9 Å². The van der Waals surface area contributed by atoms with Crippen molar-refractivity contribution < 1.29 is 14.3 Å². The van der Waals surface area contributed by atoms with E-state index in [0.717, 1.165) is 51.6 Å². The van der Waals surface area contributed by atoms with Crippen LogP contribution in [0.1, 0.15) is 25.3 Å². The number of carbonyl (C=O) groups is 1. The van der Waals surface area contributed by atoms with Gasteiger partial charge in [-0.05, 0) is 37.5 Å². The lowest BCUT2D eigenvalue weighted by molar-refractivity contribution is -0.149. The van der Waals surface area contributed by atoms with Crippen LogP contribution in [0.2, 0.25) is 0 Å². The van der Waals surface area contributed by atoms with Crippen LogP contribution < -0.4 is 10.2 Å². The van der Waals surface area contributed by atoms with Crippen molar-refractivity contribution in [2.24, 2.45) is 10.9 Å². The Morgan fingerprint density at radius 2 is 2.00 bits per heavy atom. The quantitative estimate of drug-likeness (QED) is 0.472. The maximum absolute atomic E-state index is 12.1. The molecule has 0 spiro atoms. The molecule has 1 aromatic carbocycles. The number of hydrogen-bond donors (Lipinski definition) is 1. The van der Waals surface area contributed by atoms with Gasteiger partial charge in [-0.25, -0.2) is 0 Å². The Morgan fingerprint density at radius 3 is 2.68 bits per heavy atom. The third-order valence-corrected chi connectivity index (χ3v) is 5.32. The molecule has 0 aromatic heterocycles. The summed E-state index contributed by atoms with van der Waals surface area (Å²) >= 11 is 0. The van der Waals surface area contributed by atoms with Crippen LogP contribution in [0.15, 0.2) is 29.3 Å². The molecule has 1 N–H and O–H groups in total. The number of piperidine rings is 1. The molecule has 0 bridgehead atoms. The Hall–Kier alpha value is -2.28. The summed E-state index contributed by atoms with van der Waals surface area (Å²) in [5.74, 6) is 0.674. The molecule has 7 nitrogen and oxygen atoms in total. The summed E-state index contributed by atoms with van der Waals surface area (Å²) in [5, 5.41) is 3.44. The SMILES string of the molecule is CCOC(=O)C1CCCN(C(=NC)NCc2ccc(N3CCOCC3)cc2)C1. The van der Waals surface area contributed by atoms with Crippen LogP contribution in [0.3, 0.4) is 0 Å². The first-order valence-electron chi connectivity index (χ1n) is 10.2. The molecule has 1 unspecified atom stereocenters. The zero-order valence-corrected chi connectivity index (χ0v) is 17.0. The molecule has 0 amide bonds. The number of ether oxygens (including phenoxy) is 2. The minimum absolute atomic E-state index is 0.0694. The van der Waals surface area contributed by atoms with E-state index < -0.39 is 0 Å². The van der Waals surface area contributed by atoms with E-state index in [1.165, 1.54) is 11.3 Å². The molecule has 0 saturated carbocycles. The zero-order chi connectivity index (χ0) is 19.8. The zero-order valence-electron chi connectivity index (χ0n) is 17.0. The monoisotopic (exact) mass is 388 g/mol. The fourth-order valence-electron chi connectivity index (χ4n) is 3.78. The summed E-state index contributed by atoms with van der Waals surface area (Å²) in [6, 6.07) is 8.65. The summed E-state index contributed by atoms with van der Waals surface area (Å²) in [6.07, 6.45) is 1.85. The molecule has 1 aromatic rings. The van der Waals surface area contributed by atoms with Gasteiger partial charge in [0.2, 0.25) is 0 Å². The van der Waals surface area contributed by atoms with Crippen LogP contribution in [-0.4, -0.2) is 69.9 Å². The van der Waals surface area contributed by atoms with Gasteiger partial charge in [0.1, 0.15) is 0 Å². The van der Waals surface area contributed by atoms with Gasteiger partial charge in [-0.1, -0.05) is 12.1 Å². The molecule has 7 heteroatoms. The first-order chi connectivity index (χ1) is 13.7. The lowest BCUT2D eigenvalue weighted by Crippen LogP contribution is -2.48. The summed E-state index contributed by atoms with van der Waals surface area (Å²) < 4.78 is 10.6. The molecule has 2 aliphatic rings. The van der Waals surface area contributed by atoms with E-state index in [2.05, 4.69) is 44.4 Å². The van der Waals surface area contributed by atoms with Crippen molar-refractivity contribution in [3.05, 3.63) is 29.8 Å². The molecular formula is C21H32N4O3. The number of nitrogens with one attached hydrogen (secondary N) is 1. The van der Waals surface area contributed by atoms with Gasteiger partial charge >= 0.3 is 5.97 Å². The van der Waals surface area contributed by atoms with Crippen molar-refractivity contribution in [1.82, 2.24) is 10.2 Å². The molecule has 0 aliphatic carbocycles. The highest BCUT2D eigenvalue weighted by Crippen LogP contribution is 2.19. The second-order valence-electron chi connectivity index (χ2n) is 7.20. The van der Waals surface area contributed by atoms with Gasteiger partial charge in [0.25, 0.3) is 0 Å². The number of likely N-dealkylation sites (tertiary alicyclic amines) is 1. The van der Waals surface area contributed by atoms with E-state index in [9.17, 15) is 4.79 Å². The maximum atomic E-state index is 12.1. The highest BCUT2D eigenvalue weighted by atomic mass is 16.5. The van der Waals surface area contributed by atoms with Gasteiger partial charge in [0.05, 0.1) is 25.7 Å². The minimum Gasteiger partial charge on any atom is -0.466 e. The van der Waals surface area contributed by atoms with Crippen LogP contribution >= 0.6 is 0 Å². The summed E-state index contributed by atoms with van der Waals surface area (Å²) in [6.45, 7) is 8.04. The maximum Gasteiger partial charge on any atom is 0.310 e. The summed E-state index contributed by atoms with van der Waals surface area (Å²) in [4.78, 5) is 21.0. The van der Waals surface area contributed by atoms with E-state index in [1.807, 2.05) is 6.92 Å². The third kappa shape index (κ3) is 5.38. The van der Waals surface area contributed by atoms with Crippen molar-refractivity contribution in [3.63, 3.8) is 0 Å². The molecule has 154 valence electrons. The number of guanidine groups is 1. The van der Waals surface area contributed by atoms with Gasteiger partial charge in [-0.15, -0.1) is 0 Å². The van der Waals surface area contributed by atoms with E-state index in [-0.39, 0.29) is 11.9 Å². The molecule has 2 fully saturated rings. The van der Waals surface area contributed by atoms with Crippen molar-refractivity contribution in [1.29, 1.82) is 0 Å². The van der Waals surface area contributed by atoms with Crippen molar-refractivity contribution in [3.8, 4) is 0 Å². The van der Waals surface area contributed by atoms with Crippen LogP contribution in [0.5, 0.6) is 0 Å². The Labute approximate surface area is 167 Å². The fourth-order valence-corrected chi connectivity index (χ4v) is 3.78. The number of rotatable bonds is 5. The smallest absolute Gasteiger partial charge is 0.310 e. The predicted octanol–water partition coefficient (Wildman–Crippen LogP) is 1.87. The van der Waals surface area contributed by atoms with E-state index >= 15 is 0 Å². The number of aliphatic imine (C=N–C) groups is 1. The molecule has 28 heavy (non-hydrogen) atoms. The number of esters is 1. The van der Waals surface area contributed by atoms with Gasteiger partial charge in [-0.2, -0.15) is 0 Å². The minimum atomic E-state index is -0.0960. The van der Waals surface area contributed by atoms with Crippen LogP contribution in [0.4, 0.5) is 5.69 Å². The Kier molecular flexibility index (Phi) is 7.54. The van der Waals surface area contributed by atoms with E-state index in [0.29, 0.717) is 19.7 Å². The van der Waals surface area contributed by atoms with Gasteiger partial charge in [0, 0.05) is 45.5 Å². The largest absolute Gasteiger partial charge is 0.466 e. The lowest BCUT2D eigenvalue weighted by atomic mass is 9.98. The highest BCUT2D eigenvalue weighted by molar-refractivity contribution is 5.81. The average Bonchev–Trinajstić information content (AvgIpc) is 2.76. The van der Waals surface area contributed by atoms with Gasteiger partial charge < -0.3 is 24.6 Å². The number of benzene rings is 1. The molecule has 2 aliphatic heterocycles. The first kappa shape index (κ1) is 20.5. The second-order valence-corrected chi connectivity index (χ2v) is 7.20. The molecule has 0 radical (unpaired) electrons.